The molecule has 1 N–H and O–H groups in total. The van der Waals surface area contributed by atoms with Crippen molar-refractivity contribution in [2.45, 2.75) is 39.7 Å². The van der Waals surface area contributed by atoms with Crippen molar-refractivity contribution in [2.24, 2.45) is 11.8 Å². The lowest BCUT2D eigenvalue weighted by molar-refractivity contribution is -0.124. The zero-order chi connectivity index (χ0) is 16.8. The number of nitrogens with one attached hydrogen (secondary N) is 1. The first-order chi connectivity index (χ1) is 11.0. The zero-order valence-electron chi connectivity index (χ0n) is 14.5. The summed E-state index contributed by atoms with van der Waals surface area (Å²) >= 11 is 0. The predicted molar refractivity (Wildman–Crippen MR) is 96.2 cm³/mol. The van der Waals surface area contributed by atoms with Crippen molar-refractivity contribution in [2.75, 3.05) is 0 Å². The van der Waals surface area contributed by atoms with Crippen LogP contribution in [0.25, 0.3) is 0 Å². The molecule has 2 heteroatoms. The van der Waals surface area contributed by atoms with Crippen LogP contribution in [0.2, 0.25) is 0 Å². The van der Waals surface area contributed by atoms with Crippen molar-refractivity contribution in [1.82, 2.24) is 5.32 Å². The SMILES string of the molecule is CC(C)[C@@H](NC(=O)[C@@H](c1ccccc1)C(C)C)c1ccccc1. The summed E-state index contributed by atoms with van der Waals surface area (Å²) in [5, 5.41) is 3.27. The van der Waals surface area contributed by atoms with Crippen LogP contribution in [0.3, 0.4) is 0 Å². The van der Waals surface area contributed by atoms with Gasteiger partial charge in [-0.3, -0.25) is 4.79 Å². The molecule has 0 saturated heterocycles. The van der Waals surface area contributed by atoms with Gasteiger partial charge in [0.25, 0.3) is 0 Å². The Hall–Kier alpha value is -2.09. The molecule has 0 fully saturated rings. The molecule has 0 aliphatic heterocycles. The first-order valence-corrected chi connectivity index (χ1v) is 8.41. The number of carbonyl (C=O) groups excluding carboxylic acids is 1. The normalized spacial score (nSPS) is 13.8. The van der Waals surface area contributed by atoms with Gasteiger partial charge in [0.15, 0.2) is 0 Å². The summed E-state index contributed by atoms with van der Waals surface area (Å²) in [4.78, 5) is 13.0. The first-order valence-electron chi connectivity index (χ1n) is 8.41. The third kappa shape index (κ3) is 4.44. The Labute approximate surface area is 139 Å². The van der Waals surface area contributed by atoms with Crippen molar-refractivity contribution in [3.63, 3.8) is 0 Å². The molecule has 0 aliphatic rings. The number of amides is 1. The second kappa shape index (κ2) is 7.96. The molecule has 1 amide bonds. The number of carbonyl (C=O) groups is 1. The number of hydrogen-bond acceptors (Lipinski definition) is 1. The molecule has 0 aliphatic carbocycles. The van der Waals surface area contributed by atoms with Crippen LogP contribution in [-0.2, 0) is 4.79 Å². The van der Waals surface area contributed by atoms with Gasteiger partial charge in [0, 0.05) is 0 Å². The molecule has 2 rings (SSSR count). The third-order valence-corrected chi connectivity index (χ3v) is 4.23. The van der Waals surface area contributed by atoms with Crippen molar-refractivity contribution in [1.29, 1.82) is 0 Å². The molecule has 122 valence electrons. The van der Waals surface area contributed by atoms with Crippen LogP contribution in [0.5, 0.6) is 0 Å². The second-order valence-electron chi connectivity index (χ2n) is 6.77. The molecule has 2 atom stereocenters. The lowest BCUT2D eigenvalue weighted by atomic mass is 9.86. The fourth-order valence-corrected chi connectivity index (χ4v) is 3.04. The monoisotopic (exact) mass is 309 g/mol. The Bertz CT molecular complexity index is 604. The highest BCUT2D eigenvalue weighted by molar-refractivity contribution is 5.84. The Kier molecular flexibility index (Phi) is 5.97. The molecule has 0 spiro atoms. The highest BCUT2D eigenvalue weighted by Gasteiger charge is 2.27. The van der Waals surface area contributed by atoms with Crippen LogP contribution in [0.4, 0.5) is 0 Å². The molecule has 0 unspecified atom stereocenters. The van der Waals surface area contributed by atoms with E-state index in [1.54, 1.807) is 0 Å². The molecule has 2 aromatic carbocycles. The summed E-state index contributed by atoms with van der Waals surface area (Å²) in [6.45, 7) is 8.49. The van der Waals surface area contributed by atoms with Crippen LogP contribution in [0.1, 0.15) is 50.8 Å². The average molecular weight is 309 g/mol. The Morgan fingerprint density at radius 2 is 1.22 bits per heavy atom. The maximum atomic E-state index is 13.0. The standard InChI is InChI=1S/C21H27NO/c1-15(2)19(17-11-7-5-8-12-17)21(23)22-20(16(3)4)18-13-9-6-10-14-18/h5-16,19-20H,1-4H3,(H,22,23)/t19-,20-/m1/s1. The van der Waals surface area contributed by atoms with E-state index in [1.807, 2.05) is 48.5 Å². The quantitative estimate of drug-likeness (QED) is 0.804. The second-order valence-corrected chi connectivity index (χ2v) is 6.77. The lowest BCUT2D eigenvalue weighted by Crippen LogP contribution is -2.37. The van der Waals surface area contributed by atoms with Crippen LogP contribution < -0.4 is 5.32 Å². The van der Waals surface area contributed by atoms with E-state index in [4.69, 9.17) is 0 Å². The summed E-state index contributed by atoms with van der Waals surface area (Å²) in [7, 11) is 0. The van der Waals surface area contributed by atoms with Gasteiger partial charge in [-0.15, -0.1) is 0 Å². The Morgan fingerprint density at radius 1 is 0.739 bits per heavy atom. The highest BCUT2D eigenvalue weighted by atomic mass is 16.2. The fourth-order valence-electron chi connectivity index (χ4n) is 3.04. The van der Waals surface area contributed by atoms with Gasteiger partial charge in [0.1, 0.15) is 0 Å². The zero-order valence-corrected chi connectivity index (χ0v) is 14.5. The maximum Gasteiger partial charge on any atom is 0.228 e. The molecule has 2 aromatic rings. The predicted octanol–water partition coefficient (Wildman–Crippen LogP) is 4.94. The number of benzene rings is 2. The van der Waals surface area contributed by atoms with E-state index in [0.29, 0.717) is 5.92 Å². The summed E-state index contributed by atoms with van der Waals surface area (Å²) in [6, 6.07) is 20.3. The minimum atomic E-state index is -0.124. The van der Waals surface area contributed by atoms with E-state index in [1.165, 1.54) is 0 Å². The largest absolute Gasteiger partial charge is 0.349 e. The molecule has 0 saturated carbocycles. The molecular formula is C21H27NO. The molecule has 0 radical (unpaired) electrons. The first kappa shape index (κ1) is 17.3. The third-order valence-electron chi connectivity index (χ3n) is 4.23. The van der Waals surface area contributed by atoms with E-state index in [0.717, 1.165) is 11.1 Å². The molecule has 0 bridgehead atoms. The fraction of sp³-hybridized carbons (Fsp3) is 0.381. The lowest BCUT2D eigenvalue weighted by Gasteiger charge is -2.27. The summed E-state index contributed by atoms with van der Waals surface area (Å²) < 4.78 is 0. The number of hydrogen-bond donors (Lipinski definition) is 1. The van der Waals surface area contributed by atoms with Crippen molar-refractivity contribution >= 4 is 5.91 Å². The van der Waals surface area contributed by atoms with Crippen molar-refractivity contribution in [3.05, 3.63) is 71.8 Å². The molecule has 2 nitrogen and oxygen atoms in total. The van der Waals surface area contributed by atoms with E-state index in [9.17, 15) is 4.79 Å². The van der Waals surface area contributed by atoms with Crippen molar-refractivity contribution < 1.29 is 4.79 Å². The smallest absolute Gasteiger partial charge is 0.228 e. The van der Waals surface area contributed by atoms with E-state index < -0.39 is 0 Å². The topological polar surface area (TPSA) is 29.1 Å². The van der Waals surface area contributed by atoms with Crippen LogP contribution in [-0.4, -0.2) is 5.91 Å². The Balaban J connectivity index is 2.23. The summed E-state index contributed by atoms with van der Waals surface area (Å²) in [5.41, 5.74) is 2.24. The molecule has 0 aromatic heterocycles. The van der Waals surface area contributed by atoms with Gasteiger partial charge in [0.2, 0.25) is 5.91 Å². The minimum Gasteiger partial charge on any atom is -0.349 e. The van der Waals surface area contributed by atoms with Gasteiger partial charge in [-0.1, -0.05) is 88.4 Å². The van der Waals surface area contributed by atoms with E-state index in [-0.39, 0.29) is 23.8 Å². The van der Waals surface area contributed by atoms with Crippen molar-refractivity contribution in [3.8, 4) is 0 Å². The highest BCUT2D eigenvalue weighted by Crippen LogP contribution is 2.28. The summed E-state index contributed by atoms with van der Waals surface area (Å²) in [5.74, 6) is 0.570. The average Bonchev–Trinajstić information content (AvgIpc) is 2.54. The van der Waals surface area contributed by atoms with Gasteiger partial charge >= 0.3 is 0 Å². The Morgan fingerprint density at radius 3 is 1.65 bits per heavy atom. The molecule has 23 heavy (non-hydrogen) atoms. The summed E-state index contributed by atoms with van der Waals surface area (Å²) in [6.07, 6.45) is 0. The van der Waals surface area contributed by atoms with Crippen LogP contribution in [0, 0.1) is 11.8 Å². The molecular weight excluding hydrogens is 282 g/mol. The van der Waals surface area contributed by atoms with Crippen LogP contribution >= 0.6 is 0 Å². The van der Waals surface area contributed by atoms with E-state index in [2.05, 4.69) is 45.1 Å². The minimum absolute atomic E-state index is 0.0358. The van der Waals surface area contributed by atoms with Crippen LogP contribution in [0.15, 0.2) is 60.7 Å². The van der Waals surface area contributed by atoms with E-state index >= 15 is 0 Å². The van der Waals surface area contributed by atoms with Gasteiger partial charge in [-0.05, 0) is 23.0 Å². The van der Waals surface area contributed by atoms with Gasteiger partial charge in [0.05, 0.1) is 12.0 Å². The van der Waals surface area contributed by atoms with Gasteiger partial charge in [-0.25, -0.2) is 0 Å². The van der Waals surface area contributed by atoms with Gasteiger partial charge < -0.3 is 5.32 Å². The molecule has 0 heterocycles. The number of rotatable bonds is 6. The maximum absolute atomic E-state index is 13.0. The van der Waals surface area contributed by atoms with Gasteiger partial charge in [-0.2, -0.15) is 0 Å².